The molecule has 1 aliphatic rings. The number of ether oxygens (including phenoxy) is 3. The van der Waals surface area contributed by atoms with Crippen molar-refractivity contribution in [1.29, 1.82) is 0 Å². The van der Waals surface area contributed by atoms with E-state index in [2.05, 4.69) is 0 Å². The van der Waals surface area contributed by atoms with Crippen LogP contribution < -0.4 is 14.2 Å². The first kappa shape index (κ1) is 25.7. The Morgan fingerprint density at radius 3 is 2.50 bits per heavy atom. The van der Waals surface area contributed by atoms with Gasteiger partial charge in [0.2, 0.25) is 5.78 Å². The Kier molecular flexibility index (Phi) is 6.80. The lowest BCUT2D eigenvalue weighted by atomic mass is 10.1. The largest absolute Gasteiger partial charge is 0.489 e. The Balaban J connectivity index is 1.22. The summed E-state index contributed by atoms with van der Waals surface area (Å²) in [4.78, 5) is 26.1. The zero-order chi connectivity index (χ0) is 27.8. The van der Waals surface area contributed by atoms with E-state index in [4.69, 9.17) is 41.8 Å². The normalized spacial score (nSPS) is 13.4. The molecular weight excluding hydrogens is 551 g/mol. The van der Waals surface area contributed by atoms with Crippen molar-refractivity contribution in [3.8, 4) is 17.2 Å². The molecule has 1 aliphatic heterocycles. The maximum Gasteiger partial charge on any atom is 0.347 e. The maximum absolute atomic E-state index is 13.3. The topological polar surface area (TPSA) is 75.0 Å². The van der Waals surface area contributed by atoms with E-state index >= 15 is 0 Å². The predicted molar refractivity (Wildman–Crippen MR) is 153 cm³/mol. The van der Waals surface area contributed by atoms with Crippen molar-refractivity contribution < 1.29 is 28.2 Å². The number of hydrogen-bond donors (Lipinski definition) is 0. The van der Waals surface area contributed by atoms with Gasteiger partial charge >= 0.3 is 5.97 Å². The first-order valence-corrected chi connectivity index (χ1v) is 13.1. The number of Topliss-reactive ketones (excluding diaryl/α,β-unsaturated/α-hetero) is 1. The van der Waals surface area contributed by atoms with E-state index in [1.165, 1.54) is 6.07 Å². The fraction of sp³-hybridized carbons (Fsp3) is 0.0625. The quantitative estimate of drug-likeness (QED) is 0.116. The second-order valence-corrected chi connectivity index (χ2v) is 9.94. The molecule has 0 amide bonds. The van der Waals surface area contributed by atoms with Gasteiger partial charge in [-0.2, -0.15) is 0 Å². The SMILES string of the molecule is Cc1oc2ccc(OCc3ccccc3)cc2c1C(=O)Oc1ccc2c(c1)O/C(=C\c1ccc(Cl)c(Cl)c1)C2=O. The number of fused-ring (bicyclic) bond motifs is 2. The van der Waals surface area contributed by atoms with Gasteiger partial charge in [-0.3, -0.25) is 4.79 Å². The highest BCUT2D eigenvalue weighted by Gasteiger charge is 2.29. The van der Waals surface area contributed by atoms with Crippen LogP contribution in [-0.2, 0) is 6.61 Å². The molecule has 8 heteroatoms. The van der Waals surface area contributed by atoms with Crippen molar-refractivity contribution in [3.63, 3.8) is 0 Å². The maximum atomic E-state index is 13.3. The van der Waals surface area contributed by atoms with Gasteiger partial charge in [-0.1, -0.05) is 59.6 Å². The molecule has 0 unspecified atom stereocenters. The number of aryl methyl sites for hydroxylation is 1. The second-order valence-electron chi connectivity index (χ2n) is 9.13. The van der Waals surface area contributed by atoms with E-state index in [1.807, 2.05) is 30.3 Å². The molecule has 0 aliphatic carbocycles. The van der Waals surface area contributed by atoms with Gasteiger partial charge in [-0.05, 0) is 66.6 Å². The fourth-order valence-corrected chi connectivity index (χ4v) is 4.73. The third-order valence-corrected chi connectivity index (χ3v) is 7.12. The summed E-state index contributed by atoms with van der Waals surface area (Å²) in [5.74, 6) is 0.740. The van der Waals surface area contributed by atoms with Crippen LogP contribution in [0.25, 0.3) is 17.0 Å². The number of rotatable bonds is 6. The molecule has 5 aromatic rings. The summed E-state index contributed by atoms with van der Waals surface area (Å²) in [6, 6.07) is 24.7. The standard InChI is InChI=1S/C32H20Cl2O6/c1-18-30(24-15-21(9-12-27(24)38-18)37-17-19-5-3-2-4-6-19)32(36)39-22-8-10-23-28(16-22)40-29(31(23)35)14-20-7-11-25(33)26(34)13-20/h2-16H,17H2,1H3/b29-14-. The van der Waals surface area contributed by atoms with Crippen molar-refractivity contribution in [1.82, 2.24) is 0 Å². The van der Waals surface area contributed by atoms with Crippen LogP contribution in [0.5, 0.6) is 17.2 Å². The highest BCUT2D eigenvalue weighted by molar-refractivity contribution is 6.42. The zero-order valence-corrected chi connectivity index (χ0v) is 22.6. The number of halogens is 2. The lowest BCUT2D eigenvalue weighted by Crippen LogP contribution is -2.09. The lowest BCUT2D eigenvalue weighted by Gasteiger charge is -2.07. The molecule has 0 N–H and O–H groups in total. The summed E-state index contributed by atoms with van der Waals surface area (Å²) < 4.78 is 23.2. The van der Waals surface area contributed by atoms with Crippen molar-refractivity contribution >= 4 is 52.0 Å². The Morgan fingerprint density at radius 2 is 1.70 bits per heavy atom. The van der Waals surface area contributed by atoms with Gasteiger partial charge in [0, 0.05) is 11.5 Å². The summed E-state index contributed by atoms with van der Waals surface area (Å²) in [6.45, 7) is 2.09. The van der Waals surface area contributed by atoms with E-state index in [0.717, 1.165) is 5.56 Å². The number of esters is 1. The van der Waals surface area contributed by atoms with Crippen LogP contribution in [0.15, 0.2) is 95.1 Å². The van der Waals surface area contributed by atoms with E-state index in [9.17, 15) is 9.59 Å². The predicted octanol–water partition coefficient (Wildman–Crippen LogP) is 8.46. The Morgan fingerprint density at radius 1 is 0.900 bits per heavy atom. The minimum absolute atomic E-state index is 0.122. The van der Waals surface area contributed by atoms with E-state index in [-0.39, 0.29) is 28.6 Å². The van der Waals surface area contributed by atoms with Crippen LogP contribution in [0.2, 0.25) is 10.0 Å². The molecule has 6 rings (SSSR count). The molecule has 198 valence electrons. The highest BCUT2D eigenvalue weighted by atomic mass is 35.5. The van der Waals surface area contributed by atoms with Crippen LogP contribution in [0.4, 0.5) is 0 Å². The smallest absolute Gasteiger partial charge is 0.347 e. The molecule has 0 saturated heterocycles. The lowest BCUT2D eigenvalue weighted by molar-refractivity contribution is 0.0734. The molecule has 0 atom stereocenters. The van der Waals surface area contributed by atoms with Crippen molar-refractivity contribution in [3.05, 3.63) is 129 Å². The Hall–Kier alpha value is -4.52. The summed E-state index contributed by atoms with van der Waals surface area (Å²) in [5, 5.41) is 1.35. The second kappa shape index (κ2) is 10.6. The van der Waals surface area contributed by atoms with Crippen molar-refractivity contribution in [2.75, 3.05) is 0 Å². The number of benzene rings is 4. The molecule has 0 saturated carbocycles. The highest BCUT2D eigenvalue weighted by Crippen LogP contribution is 2.36. The van der Waals surface area contributed by atoms with Gasteiger partial charge in [-0.15, -0.1) is 0 Å². The van der Waals surface area contributed by atoms with Gasteiger partial charge in [0.25, 0.3) is 0 Å². The molecule has 0 bridgehead atoms. The van der Waals surface area contributed by atoms with Crippen molar-refractivity contribution in [2.24, 2.45) is 0 Å². The van der Waals surface area contributed by atoms with Crippen LogP contribution in [0, 0.1) is 6.92 Å². The van der Waals surface area contributed by atoms with Gasteiger partial charge in [0.15, 0.2) is 5.76 Å². The van der Waals surface area contributed by atoms with Crippen LogP contribution >= 0.6 is 23.2 Å². The number of hydrogen-bond acceptors (Lipinski definition) is 6. The van der Waals surface area contributed by atoms with Gasteiger partial charge < -0.3 is 18.6 Å². The number of ketones is 1. The summed E-state index contributed by atoms with van der Waals surface area (Å²) >= 11 is 12.1. The van der Waals surface area contributed by atoms with Gasteiger partial charge in [-0.25, -0.2) is 4.79 Å². The number of carbonyl (C=O) groups excluding carboxylic acids is 2. The van der Waals surface area contributed by atoms with E-state index < -0.39 is 5.97 Å². The molecule has 0 spiro atoms. The average Bonchev–Trinajstić information content (AvgIpc) is 3.44. The number of allylic oxidation sites excluding steroid dienone is 1. The first-order valence-electron chi connectivity index (χ1n) is 12.3. The average molecular weight is 571 g/mol. The number of furan rings is 1. The summed E-state index contributed by atoms with van der Waals surface area (Å²) in [6.07, 6.45) is 1.58. The molecule has 4 aromatic carbocycles. The molecular formula is C32H20Cl2O6. The van der Waals surface area contributed by atoms with Crippen LogP contribution in [-0.4, -0.2) is 11.8 Å². The molecule has 40 heavy (non-hydrogen) atoms. The third-order valence-electron chi connectivity index (χ3n) is 6.38. The van der Waals surface area contributed by atoms with Crippen LogP contribution in [0.1, 0.15) is 37.6 Å². The molecule has 1 aromatic heterocycles. The molecule has 0 radical (unpaired) electrons. The summed E-state index contributed by atoms with van der Waals surface area (Å²) in [5.41, 5.74) is 2.87. The van der Waals surface area contributed by atoms with Gasteiger partial charge in [0.1, 0.15) is 40.8 Å². The van der Waals surface area contributed by atoms with Crippen molar-refractivity contribution in [2.45, 2.75) is 13.5 Å². The van der Waals surface area contributed by atoms with E-state index in [1.54, 1.807) is 61.5 Å². The Labute approximate surface area is 239 Å². The van der Waals surface area contributed by atoms with Crippen LogP contribution in [0.3, 0.4) is 0 Å². The minimum Gasteiger partial charge on any atom is -0.489 e. The van der Waals surface area contributed by atoms with E-state index in [0.29, 0.717) is 50.3 Å². The molecule has 2 heterocycles. The number of carbonyl (C=O) groups is 2. The molecule has 6 nitrogen and oxygen atoms in total. The molecule has 0 fully saturated rings. The summed E-state index contributed by atoms with van der Waals surface area (Å²) in [7, 11) is 0. The Bertz CT molecular complexity index is 1820. The third kappa shape index (κ3) is 5.07. The van der Waals surface area contributed by atoms with Gasteiger partial charge in [0.05, 0.1) is 15.6 Å². The monoisotopic (exact) mass is 570 g/mol. The first-order chi connectivity index (χ1) is 19.4. The fourth-order valence-electron chi connectivity index (χ4n) is 4.43. The minimum atomic E-state index is -0.604. The zero-order valence-electron chi connectivity index (χ0n) is 21.1.